The van der Waals surface area contributed by atoms with Crippen LogP contribution in [0.3, 0.4) is 0 Å². The summed E-state index contributed by atoms with van der Waals surface area (Å²) in [7, 11) is 1.56. The van der Waals surface area contributed by atoms with E-state index in [-0.39, 0.29) is 30.6 Å². The Hall–Kier alpha value is -2.21. The number of amides is 1. The van der Waals surface area contributed by atoms with Gasteiger partial charge in [-0.3, -0.25) is 9.59 Å². The summed E-state index contributed by atoms with van der Waals surface area (Å²) in [5.74, 6) is 0.878. The smallest absolute Gasteiger partial charge is 0.221 e. The Morgan fingerprint density at radius 2 is 1.96 bits per heavy atom. The quantitative estimate of drug-likeness (QED) is 0.636. The second-order valence-electron chi connectivity index (χ2n) is 7.10. The lowest BCUT2D eigenvalue weighted by molar-refractivity contribution is -0.121. The molecule has 1 amide bonds. The normalized spacial score (nSPS) is 12.1. The van der Waals surface area contributed by atoms with E-state index in [2.05, 4.69) is 24.1 Å². The Morgan fingerprint density at radius 1 is 1.22 bits per heavy atom. The Balaban J connectivity index is 1.97. The fraction of sp³-hybridized carbons (Fsp3) is 0.476. The van der Waals surface area contributed by atoms with Gasteiger partial charge in [-0.1, -0.05) is 26.0 Å². The van der Waals surface area contributed by atoms with E-state index in [9.17, 15) is 9.59 Å². The third-order valence-electron chi connectivity index (χ3n) is 4.36. The summed E-state index contributed by atoms with van der Waals surface area (Å²) in [6.45, 7) is 8.27. The minimum atomic E-state index is -0.123. The van der Waals surface area contributed by atoms with Crippen LogP contribution in [0.2, 0.25) is 0 Å². The second-order valence-corrected chi connectivity index (χ2v) is 8.33. The molecule has 2 aromatic rings. The van der Waals surface area contributed by atoms with E-state index in [0.29, 0.717) is 17.2 Å². The Morgan fingerprint density at radius 3 is 2.56 bits per heavy atom. The molecule has 0 aliphatic rings. The fourth-order valence-electron chi connectivity index (χ4n) is 2.77. The monoisotopic (exact) mass is 388 g/mol. The first-order chi connectivity index (χ1) is 12.8. The number of nitrogens with zero attached hydrogens (tertiary/aromatic N) is 1. The number of benzene rings is 1. The third-order valence-corrected chi connectivity index (χ3v) is 5.54. The van der Waals surface area contributed by atoms with Crippen molar-refractivity contribution < 1.29 is 14.3 Å². The molecule has 1 N–H and O–H groups in total. The largest absolute Gasteiger partial charge is 0.497 e. The summed E-state index contributed by atoms with van der Waals surface area (Å²) >= 11 is 1.63. The number of rotatable bonds is 9. The van der Waals surface area contributed by atoms with Gasteiger partial charge in [0.1, 0.15) is 10.8 Å². The molecule has 0 bridgehead atoms. The molecule has 1 aromatic heterocycles. The molecule has 27 heavy (non-hydrogen) atoms. The zero-order chi connectivity index (χ0) is 20.0. The van der Waals surface area contributed by atoms with Gasteiger partial charge in [0, 0.05) is 23.3 Å². The number of ether oxygens (including phenoxy) is 1. The number of hydrogen-bond donors (Lipinski definition) is 1. The zero-order valence-corrected chi connectivity index (χ0v) is 17.5. The van der Waals surface area contributed by atoms with Crippen LogP contribution in [0.15, 0.2) is 24.3 Å². The molecule has 1 atom stereocenters. The van der Waals surface area contributed by atoms with Crippen LogP contribution in [0.1, 0.15) is 65.1 Å². The van der Waals surface area contributed by atoms with Gasteiger partial charge in [0.25, 0.3) is 0 Å². The van der Waals surface area contributed by atoms with Crippen LogP contribution in [0.25, 0.3) is 0 Å². The molecule has 0 aliphatic carbocycles. The maximum atomic E-state index is 12.4. The van der Waals surface area contributed by atoms with Crippen molar-refractivity contribution in [2.45, 2.75) is 53.0 Å². The molecule has 0 spiro atoms. The molecular weight excluding hydrogens is 360 g/mol. The van der Waals surface area contributed by atoms with Crippen LogP contribution in [0.5, 0.6) is 5.75 Å². The van der Waals surface area contributed by atoms with E-state index >= 15 is 0 Å². The lowest BCUT2D eigenvalue weighted by Gasteiger charge is -2.18. The topological polar surface area (TPSA) is 68.3 Å². The number of carbonyl (C=O) groups is 2. The number of aryl methyl sites for hydroxylation is 2. The lowest BCUT2D eigenvalue weighted by Crippen LogP contribution is -2.29. The number of hydrogen-bond acceptors (Lipinski definition) is 5. The van der Waals surface area contributed by atoms with Gasteiger partial charge >= 0.3 is 0 Å². The third kappa shape index (κ3) is 6.17. The maximum absolute atomic E-state index is 12.4. The van der Waals surface area contributed by atoms with Gasteiger partial charge in [-0.25, -0.2) is 4.98 Å². The summed E-state index contributed by atoms with van der Waals surface area (Å²) < 4.78 is 5.14. The lowest BCUT2D eigenvalue weighted by atomic mass is 10.0. The van der Waals surface area contributed by atoms with Crippen LogP contribution in [0, 0.1) is 19.8 Å². The Kier molecular flexibility index (Phi) is 7.54. The molecule has 0 radical (unpaired) electrons. The van der Waals surface area contributed by atoms with E-state index in [1.54, 1.807) is 42.7 Å². The van der Waals surface area contributed by atoms with Gasteiger partial charge in [-0.2, -0.15) is 0 Å². The van der Waals surface area contributed by atoms with Crippen molar-refractivity contribution in [2.24, 2.45) is 5.92 Å². The fourth-order valence-corrected chi connectivity index (χ4v) is 3.76. The van der Waals surface area contributed by atoms with Crippen molar-refractivity contribution >= 4 is 23.0 Å². The molecule has 0 fully saturated rings. The molecule has 1 unspecified atom stereocenters. The van der Waals surface area contributed by atoms with Crippen molar-refractivity contribution in [3.05, 3.63) is 45.4 Å². The standard InChI is InChI=1S/C21H28N2O3S/c1-13(2)11-18(21-22-14(3)15(4)27-21)23-20(25)10-9-19(24)16-7-6-8-17(12-16)26-5/h6-8,12-13,18H,9-11H2,1-5H3,(H,23,25). The number of ketones is 1. The average Bonchev–Trinajstić information content (AvgIpc) is 2.97. The van der Waals surface area contributed by atoms with Crippen LogP contribution in [-0.2, 0) is 4.79 Å². The number of thiazole rings is 1. The van der Waals surface area contributed by atoms with Gasteiger partial charge in [0.05, 0.1) is 18.8 Å². The highest BCUT2D eigenvalue weighted by atomic mass is 32.1. The van der Waals surface area contributed by atoms with Crippen molar-refractivity contribution in [1.29, 1.82) is 0 Å². The first-order valence-corrected chi connectivity index (χ1v) is 10.0. The number of nitrogens with one attached hydrogen (secondary N) is 1. The van der Waals surface area contributed by atoms with E-state index in [1.165, 1.54) is 4.88 Å². The van der Waals surface area contributed by atoms with Crippen molar-refractivity contribution in [3.8, 4) is 5.75 Å². The van der Waals surface area contributed by atoms with E-state index < -0.39 is 0 Å². The summed E-state index contributed by atoms with van der Waals surface area (Å²) in [4.78, 5) is 30.6. The van der Waals surface area contributed by atoms with Crippen molar-refractivity contribution in [2.75, 3.05) is 7.11 Å². The van der Waals surface area contributed by atoms with E-state index in [1.807, 2.05) is 13.8 Å². The summed E-state index contributed by atoms with van der Waals surface area (Å²) in [6, 6.07) is 6.89. The summed E-state index contributed by atoms with van der Waals surface area (Å²) in [6.07, 6.45) is 1.15. The zero-order valence-electron chi connectivity index (χ0n) is 16.7. The predicted molar refractivity (Wildman–Crippen MR) is 108 cm³/mol. The SMILES string of the molecule is COc1cccc(C(=O)CCC(=O)NC(CC(C)C)c2nc(C)c(C)s2)c1. The van der Waals surface area contributed by atoms with Gasteiger partial charge in [0.15, 0.2) is 5.78 Å². The van der Waals surface area contributed by atoms with Crippen LogP contribution in [-0.4, -0.2) is 23.8 Å². The molecule has 2 rings (SSSR count). The first kappa shape index (κ1) is 21.1. The van der Waals surface area contributed by atoms with Crippen LogP contribution in [0.4, 0.5) is 0 Å². The van der Waals surface area contributed by atoms with Crippen LogP contribution >= 0.6 is 11.3 Å². The number of Topliss-reactive ketones (excluding diaryl/α,β-unsaturated/α-hetero) is 1. The highest BCUT2D eigenvalue weighted by Gasteiger charge is 2.21. The van der Waals surface area contributed by atoms with Crippen molar-refractivity contribution in [1.82, 2.24) is 10.3 Å². The Bertz CT molecular complexity index is 779. The van der Waals surface area contributed by atoms with Crippen LogP contribution < -0.4 is 10.1 Å². The molecule has 5 nitrogen and oxygen atoms in total. The highest BCUT2D eigenvalue weighted by Crippen LogP contribution is 2.27. The van der Waals surface area contributed by atoms with Gasteiger partial charge in [-0.05, 0) is 38.3 Å². The van der Waals surface area contributed by atoms with Crippen molar-refractivity contribution in [3.63, 3.8) is 0 Å². The molecule has 6 heteroatoms. The minimum absolute atomic E-state index is 0.0644. The first-order valence-electron chi connectivity index (χ1n) is 9.20. The molecule has 1 heterocycles. The number of carbonyl (C=O) groups excluding carboxylic acids is 2. The average molecular weight is 389 g/mol. The van der Waals surface area contributed by atoms with Gasteiger partial charge < -0.3 is 10.1 Å². The maximum Gasteiger partial charge on any atom is 0.221 e. The molecule has 0 saturated heterocycles. The minimum Gasteiger partial charge on any atom is -0.497 e. The molecule has 0 saturated carbocycles. The van der Waals surface area contributed by atoms with Gasteiger partial charge in [0.2, 0.25) is 5.91 Å². The number of aromatic nitrogens is 1. The predicted octanol–water partition coefficient (Wildman–Crippen LogP) is 4.64. The highest BCUT2D eigenvalue weighted by molar-refractivity contribution is 7.11. The van der Waals surface area contributed by atoms with E-state index in [0.717, 1.165) is 17.1 Å². The van der Waals surface area contributed by atoms with Gasteiger partial charge in [-0.15, -0.1) is 11.3 Å². The molecule has 0 aliphatic heterocycles. The molecular formula is C21H28N2O3S. The Labute approximate surface area is 165 Å². The summed E-state index contributed by atoms with van der Waals surface area (Å²) in [5, 5.41) is 4.00. The number of methoxy groups -OCH3 is 1. The molecule has 1 aromatic carbocycles. The molecule has 146 valence electrons. The summed E-state index contributed by atoms with van der Waals surface area (Å²) in [5.41, 5.74) is 1.57. The second kappa shape index (κ2) is 9.65. The van der Waals surface area contributed by atoms with E-state index in [4.69, 9.17) is 4.74 Å².